The third-order valence-electron chi connectivity index (χ3n) is 5.02. The summed E-state index contributed by atoms with van der Waals surface area (Å²) in [5, 5.41) is 2.83. The highest BCUT2D eigenvalue weighted by molar-refractivity contribution is 7.89. The van der Waals surface area contributed by atoms with E-state index in [0.717, 1.165) is 18.8 Å². The van der Waals surface area contributed by atoms with Gasteiger partial charge in [0.05, 0.1) is 7.11 Å². The highest BCUT2D eigenvalue weighted by atomic mass is 32.2. The Bertz CT molecular complexity index is 1000. The van der Waals surface area contributed by atoms with Crippen molar-refractivity contribution < 1.29 is 17.9 Å². The number of nitrogens with one attached hydrogen (secondary N) is 2. The van der Waals surface area contributed by atoms with Crippen molar-refractivity contribution in [3.63, 3.8) is 0 Å². The number of carbonyl (C=O) groups is 1. The zero-order chi connectivity index (χ0) is 21.9. The van der Waals surface area contributed by atoms with Gasteiger partial charge in [0.1, 0.15) is 10.6 Å². The molecule has 0 aliphatic carbocycles. The zero-order valence-electron chi connectivity index (χ0n) is 17.8. The molecule has 8 heteroatoms. The fourth-order valence-electron chi connectivity index (χ4n) is 3.53. The number of methoxy groups -OCH3 is 1. The number of rotatable bonds is 7. The van der Waals surface area contributed by atoms with E-state index in [1.165, 1.54) is 25.7 Å². The van der Waals surface area contributed by atoms with E-state index in [1.54, 1.807) is 19.9 Å². The minimum absolute atomic E-state index is 0.0650. The molecule has 2 aromatic rings. The lowest BCUT2D eigenvalue weighted by molar-refractivity contribution is 0.102. The van der Waals surface area contributed by atoms with Crippen molar-refractivity contribution in [1.29, 1.82) is 0 Å². The summed E-state index contributed by atoms with van der Waals surface area (Å²) in [7, 11) is -2.42. The largest absolute Gasteiger partial charge is 0.495 e. The first-order chi connectivity index (χ1) is 14.2. The Labute approximate surface area is 178 Å². The van der Waals surface area contributed by atoms with Crippen LogP contribution in [0.1, 0.15) is 37.6 Å². The molecule has 0 aromatic heterocycles. The van der Waals surface area contributed by atoms with Crippen LogP contribution in [0.3, 0.4) is 0 Å². The van der Waals surface area contributed by atoms with E-state index < -0.39 is 10.0 Å². The molecular weight excluding hydrogens is 402 g/mol. The number of amides is 1. The number of sulfonamides is 1. The number of nitrogens with zero attached hydrogens (tertiary/aromatic N) is 1. The molecule has 0 spiro atoms. The molecule has 30 heavy (non-hydrogen) atoms. The molecule has 1 heterocycles. The molecule has 2 N–H and O–H groups in total. The number of hydrogen-bond donors (Lipinski definition) is 2. The lowest BCUT2D eigenvalue weighted by Gasteiger charge is -2.18. The van der Waals surface area contributed by atoms with Crippen molar-refractivity contribution in [2.45, 2.75) is 38.1 Å². The number of anilines is 2. The van der Waals surface area contributed by atoms with E-state index in [4.69, 9.17) is 4.74 Å². The van der Waals surface area contributed by atoms with Gasteiger partial charge in [-0.1, -0.05) is 6.92 Å². The lowest BCUT2D eigenvalue weighted by atomic mass is 10.2. The van der Waals surface area contributed by atoms with Crippen LogP contribution in [0.5, 0.6) is 5.75 Å². The monoisotopic (exact) mass is 431 g/mol. The summed E-state index contributed by atoms with van der Waals surface area (Å²) in [6.45, 7) is 7.79. The normalized spacial score (nSPS) is 16.7. The highest BCUT2D eigenvalue weighted by Crippen LogP contribution is 2.27. The molecule has 1 atom stereocenters. The highest BCUT2D eigenvalue weighted by Gasteiger charge is 2.23. The molecular formula is C22H29N3O4S. The van der Waals surface area contributed by atoms with Gasteiger partial charge < -0.3 is 15.0 Å². The molecule has 0 saturated carbocycles. The molecule has 1 amide bonds. The summed E-state index contributed by atoms with van der Waals surface area (Å²) in [4.78, 5) is 15.0. The summed E-state index contributed by atoms with van der Waals surface area (Å²) >= 11 is 0. The van der Waals surface area contributed by atoms with Gasteiger partial charge in [-0.2, -0.15) is 0 Å². The third-order valence-corrected chi connectivity index (χ3v) is 6.70. The van der Waals surface area contributed by atoms with Crippen LogP contribution in [0, 0.1) is 5.92 Å². The molecule has 7 nitrogen and oxygen atoms in total. The van der Waals surface area contributed by atoms with Crippen LogP contribution >= 0.6 is 0 Å². The predicted octanol–water partition coefficient (Wildman–Crippen LogP) is 3.48. The van der Waals surface area contributed by atoms with Gasteiger partial charge in [0.15, 0.2) is 0 Å². The second-order valence-electron chi connectivity index (χ2n) is 7.98. The van der Waals surface area contributed by atoms with Crippen LogP contribution in [0.2, 0.25) is 0 Å². The average Bonchev–Trinajstić information content (AvgIpc) is 3.13. The van der Waals surface area contributed by atoms with E-state index in [1.807, 2.05) is 24.3 Å². The number of benzene rings is 2. The fraction of sp³-hybridized carbons (Fsp3) is 0.409. The Kier molecular flexibility index (Phi) is 6.67. The molecule has 1 aliphatic heterocycles. The zero-order valence-corrected chi connectivity index (χ0v) is 18.6. The molecule has 162 valence electrons. The summed E-state index contributed by atoms with van der Waals surface area (Å²) in [5.41, 5.74) is 2.02. The van der Waals surface area contributed by atoms with E-state index in [2.05, 4.69) is 21.9 Å². The Hall–Kier alpha value is -2.58. The second kappa shape index (κ2) is 9.06. The van der Waals surface area contributed by atoms with Crippen LogP contribution in [-0.2, 0) is 10.0 Å². The maximum atomic E-state index is 12.7. The molecule has 1 unspecified atom stereocenters. The van der Waals surface area contributed by atoms with Crippen LogP contribution in [0.4, 0.5) is 11.4 Å². The molecule has 1 aliphatic rings. The van der Waals surface area contributed by atoms with Crippen molar-refractivity contribution in [3.8, 4) is 5.75 Å². The maximum Gasteiger partial charge on any atom is 0.255 e. The predicted molar refractivity (Wildman–Crippen MR) is 119 cm³/mol. The smallest absolute Gasteiger partial charge is 0.255 e. The number of carbonyl (C=O) groups excluding carboxylic acids is 1. The van der Waals surface area contributed by atoms with E-state index >= 15 is 0 Å². The third kappa shape index (κ3) is 5.12. The van der Waals surface area contributed by atoms with E-state index in [0.29, 0.717) is 11.6 Å². The number of ether oxygens (including phenoxy) is 1. The molecule has 1 fully saturated rings. The van der Waals surface area contributed by atoms with E-state index in [9.17, 15) is 13.2 Å². The van der Waals surface area contributed by atoms with Gasteiger partial charge in [0.25, 0.3) is 5.91 Å². The van der Waals surface area contributed by atoms with Gasteiger partial charge >= 0.3 is 0 Å². The van der Waals surface area contributed by atoms with Gasteiger partial charge in [0, 0.05) is 36.1 Å². The van der Waals surface area contributed by atoms with Gasteiger partial charge in [-0.25, -0.2) is 13.1 Å². The SMILES string of the molecule is COc1ccc(C(=O)Nc2ccc(N3CCC(C)C3)cc2)cc1S(=O)(=O)NC(C)C. The molecule has 0 bridgehead atoms. The average molecular weight is 432 g/mol. The maximum absolute atomic E-state index is 12.7. The quantitative estimate of drug-likeness (QED) is 0.701. The second-order valence-corrected chi connectivity index (χ2v) is 9.66. The Morgan fingerprint density at radius 1 is 1.17 bits per heavy atom. The van der Waals surface area contributed by atoms with Gasteiger partial charge in [-0.05, 0) is 68.7 Å². The van der Waals surface area contributed by atoms with Crippen molar-refractivity contribution in [2.75, 3.05) is 30.4 Å². The number of hydrogen-bond acceptors (Lipinski definition) is 5. The first-order valence-corrected chi connectivity index (χ1v) is 11.5. The van der Waals surface area contributed by atoms with Crippen LogP contribution in [0.25, 0.3) is 0 Å². The first kappa shape index (κ1) is 22.1. The minimum atomic E-state index is -3.81. The molecule has 0 radical (unpaired) electrons. The van der Waals surface area contributed by atoms with Crippen molar-refractivity contribution in [3.05, 3.63) is 48.0 Å². The summed E-state index contributed by atoms with van der Waals surface area (Å²) in [5.74, 6) is 0.486. The van der Waals surface area contributed by atoms with Crippen LogP contribution in [0.15, 0.2) is 47.4 Å². The summed E-state index contributed by atoms with van der Waals surface area (Å²) in [6, 6.07) is 11.8. The molecule has 3 rings (SSSR count). The minimum Gasteiger partial charge on any atom is -0.495 e. The Balaban J connectivity index is 1.77. The van der Waals surface area contributed by atoms with Gasteiger partial charge in [-0.3, -0.25) is 4.79 Å². The molecule has 1 saturated heterocycles. The fourth-order valence-corrected chi connectivity index (χ4v) is 4.98. The van der Waals surface area contributed by atoms with Gasteiger partial charge in [0.2, 0.25) is 10.0 Å². The molecule has 2 aromatic carbocycles. The van der Waals surface area contributed by atoms with Crippen molar-refractivity contribution in [2.24, 2.45) is 5.92 Å². The van der Waals surface area contributed by atoms with E-state index in [-0.39, 0.29) is 28.2 Å². The first-order valence-electron chi connectivity index (χ1n) is 10.1. The topological polar surface area (TPSA) is 87.7 Å². The Morgan fingerprint density at radius 3 is 2.43 bits per heavy atom. The van der Waals surface area contributed by atoms with Crippen molar-refractivity contribution in [1.82, 2.24) is 4.72 Å². The standard InChI is InChI=1S/C22H29N3O4S/c1-15(2)24-30(27,28)21-13-17(5-10-20(21)29-4)22(26)23-18-6-8-19(9-7-18)25-12-11-16(3)14-25/h5-10,13,15-16,24H,11-12,14H2,1-4H3,(H,23,26). The van der Waals surface area contributed by atoms with Crippen LogP contribution in [-0.4, -0.2) is 40.6 Å². The Morgan fingerprint density at radius 2 is 1.87 bits per heavy atom. The summed E-state index contributed by atoms with van der Waals surface area (Å²) < 4.78 is 32.9. The van der Waals surface area contributed by atoms with Gasteiger partial charge in [-0.15, -0.1) is 0 Å². The summed E-state index contributed by atoms with van der Waals surface area (Å²) in [6.07, 6.45) is 1.19. The lowest BCUT2D eigenvalue weighted by Crippen LogP contribution is -2.30. The van der Waals surface area contributed by atoms with Crippen LogP contribution < -0.4 is 19.7 Å². The van der Waals surface area contributed by atoms with Crippen molar-refractivity contribution >= 4 is 27.3 Å².